The Labute approximate surface area is 125 Å². The Hall–Kier alpha value is -1.42. The first kappa shape index (κ1) is 16.6. The van der Waals surface area contributed by atoms with Crippen LogP contribution in [0.2, 0.25) is 0 Å². The Morgan fingerprint density at radius 2 is 1.80 bits per heavy atom. The van der Waals surface area contributed by atoms with Gasteiger partial charge in [-0.2, -0.15) is 0 Å². The molecule has 0 aliphatic heterocycles. The number of aryl methyl sites for hydroxylation is 1. The number of methoxy groups -OCH3 is 3. The third-order valence-electron chi connectivity index (χ3n) is 3.14. The van der Waals surface area contributed by atoms with Crippen molar-refractivity contribution in [2.75, 3.05) is 21.3 Å². The lowest BCUT2D eigenvalue weighted by atomic mass is 9.98. The van der Waals surface area contributed by atoms with Gasteiger partial charge in [0.25, 0.3) is 0 Å². The van der Waals surface area contributed by atoms with Crippen LogP contribution in [0.5, 0.6) is 11.5 Å². The molecular weight excluding hydrogens is 280 g/mol. The van der Waals surface area contributed by atoms with Gasteiger partial charge in [0.1, 0.15) is 5.56 Å². The van der Waals surface area contributed by atoms with Crippen LogP contribution in [0.1, 0.15) is 41.3 Å². The SMILES string of the molecule is CCCCc1cc(CCl)c(C(=O)OC)c(OC)c1OC. The molecule has 1 aromatic rings. The molecule has 0 N–H and O–H groups in total. The molecule has 0 aliphatic rings. The van der Waals surface area contributed by atoms with Gasteiger partial charge in [0.05, 0.1) is 21.3 Å². The molecule has 0 bridgehead atoms. The smallest absolute Gasteiger partial charge is 0.342 e. The average molecular weight is 301 g/mol. The molecule has 1 aromatic carbocycles. The number of carbonyl (C=O) groups is 1. The van der Waals surface area contributed by atoms with Gasteiger partial charge in [-0.25, -0.2) is 4.79 Å². The molecule has 0 aromatic heterocycles. The van der Waals surface area contributed by atoms with Crippen LogP contribution >= 0.6 is 11.6 Å². The normalized spacial score (nSPS) is 10.2. The number of alkyl halides is 1. The summed E-state index contributed by atoms with van der Waals surface area (Å²) in [5.74, 6) is 0.709. The Bertz CT molecular complexity index is 471. The molecule has 0 spiro atoms. The van der Waals surface area contributed by atoms with Gasteiger partial charge in [-0.3, -0.25) is 0 Å². The van der Waals surface area contributed by atoms with E-state index in [1.54, 1.807) is 7.11 Å². The predicted octanol–water partition coefficient (Wildman–Crippen LogP) is 3.57. The Morgan fingerprint density at radius 1 is 1.15 bits per heavy atom. The number of halogens is 1. The molecule has 0 heterocycles. The molecule has 0 saturated carbocycles. The van der Waals surface area contributed by atoms with Crippen LogP contribution in [0.25, 0.3) is 0 Å². The highest BCUT2D eigenvalue weighted by Crippen LogP contribution is 2.39. The van der Waals surface area contributed by atoms with E-state index in [9.17, 15) is 4.79 Å². The van der Waals surface area contributed by atoms with Crippen molar-refractivity contribution in [1.29, 1.82) is 0 Å². The lowest BCUT2D eigenvalue weighted by molar-refractivity contribution is 0.0595. The van der Waals surface area contributed by atoms with E-state index >= 15 is 0 Å². The fourth-order valence-electron chi connectivity index (χ4n) is 2.16. The first-order valence-electron chi connectivity index (χ1n) is 6.55. The van der Waals surface area contributed by atoms with E-state index in [1.807, 2.05) is 6.07 Å². The minimum atomic E-state index is -0.474. The van der Waals surface area contributed by atoms with Crippen LogP contribution in [0.15, 0.2) is 6.07 Å². The number of benzene rings is 1. The summed E-state index contributed by atoms with van der Waals surface area (Å²) in [6, 6.07) is 1.90. The fourth-order valence-corrected chi connectivity index (χ4v) is 2.37. The van der Waals surface area contributed by atoms with Crippen LogP contribution in [0.4, 0.5) is 0 Å². The van der Waals surface area contributed by atoms with Crippen molar-refractivity contribution in [3.05, 3.63) is 22.8 Å². The molecule has 0 saturated heterocycles. The maximum atomic E-state index is 11.9. The van der Waals surface area contributed by atoms with Gasteiger partial charge < -0.3 is 14.2 Å². The first-order chi connectivity index (χ1) is 9.64. The van der Waals surface area contributed by atoms with Crippen molar-refractivity contribution in [2.45, 2.75) is 32.1 Å². The van der Waals surface area contributed by atoms with Crippen molar-refractivity contribution < 1.29 is 19.0 Å². The van der Waals surface area contributed by atoms with Crippen molar-refractivity contribution in [1.82, 2.24) is 0 Å². The zero-order valence-electron chi connectivity index (χ0n) is 12.4. The number of hydrogen-bond donors (Lipinski definition) is 0. The Morgan fingerprint density at radius 3 is 2.25 bits per heavy atom. The highest BCUT2D eigenvalue weighted by molar-refractivity contribution is 6.18. The molecule has 0 radical (unpaired) electrons. The van der Waals surface area contributed by atoms with Crippen molar-refractivity contribution >= 4 is 17.6 Å². The summed E-state index contributed by atoms with van der Waals surface area (Å²) in [6.07, 6.45) is 2.95. The third-order valence-corrected chi connectivity index (χ3v) is 3.42. The zero-order valence-corrected chi connectivity index (χ0v) is 13.2. The second kappa shape index (κ2) is 8.00. The Kier molecular flexibility index (Phi) is 6.65. The van der Waals surface area contributed by atoms with Gasteiger partial charge in [0, 0.05) is 5.88 Å². The quantitative estimate of drug-likeness (QED) is 0.570. The number of hydrogen-bond acceptors (Lipinski definition) is 4. The maximum Gasteiger partial charge on any atom is 0.342 e. The first-order valence-corrected chi connectivity index (χ1v) is 7.08. The van der Waals surface area contributed by atoms with Gasteiger partial charge in [-0.15, -0.1) is 11.6 Å². The summed E-state index contributed by atoms with van der Waals surface area (Å²) >= 11 is 5.96. The summed E-state index contributed by atoms with van der Waals surface area (Å²) in [6.45, 7) is 2.12. The van der Waals surface area contributed by atoms with Gasteiger partial charge >= 0.3 is 5.97 Å². The standard InChI is InChI=1S/C15H21ClO4/c1-5-6-7-10-8-11(9-16)12(15(17)20-4)14(19-3)13(10)18-2/h8H,5-7,9H2,1-4H3. The molecule has 0 atom stereocenters. The molecule has 0 amide bonds. The van der Waals surface area contributed by atoms with E-state index in [4.69, 9.17) is 25.8 Å². The number of esters is 1. The molecule has 20 heavy (non-hydrogen) atoms. The van der Waals surface area contributed by atoms with E-state index in [1.165, 1.54) is 14.2 Å². The topological polar surface area (TPSA) is 44.8 Å². The van der Waals surface area contributed by atoms with Gasteiger partial charge in [-0.05, 0) is 30.0 Å². The van der Waals surface area contributed by atoms with E-state index < -0.39 is 5.97 Å². The highest BCUT2D eigenvalue weighted by atomic mass is 35.5. The number of ether oxygens (including phenoxy) is 3. The van der Waals surface area contributed by atoms with Crippen molar-refractivity contribution in [3.63, 3.8) is 0 Å². The van der Waals surface area contributed by atoms with E-state index in [0.717, 1.165) is 24.8 Å². The summed E-state index contributed by atoms with van der Waals surface area (Å²) in [7, 11) is 4.40. The van der Waals surface area contributed by atoms with Crippen LogP contribution in [-0.4, -0.2) is 27.3 Å². The summed E-state index contributed by atoms with van der Waals surface area (Å²) in [4.78, 5) is 11.9. The summed E-state index contributed by atoms with van der Waals surface area (Å²) in [5.41, 5.74) is 2.03. The van der Waals surface area contributed by atoms with Crippen LogP contribution in [-0.2, 0) is 17.0 Å². The zero-order chi connectivity index (χ0) is 15.1. The van der Waals surface area contributed by atoms with Crippen LogP contribution < -0.4 is 9.47 Å². The second-order valence-corrected chi connectivity index (χ2v) is 4.63. The number of rotatable bonds is 7. The van der Waals surface area contributed by atoms with Gasteiger partial charge in [0.2, 0.25) is 0 Å². The molecule has 5 heteroatoms. The molecule has 0 aliphatic carbocycles. The summed E-state index contributed by atoms with van der Waals surface area (Å²) in [5, 5.41) is 0. The second-order valence-electron chi connectivity index (χ2n) is 4.37. The lowest BCUT2D eigenvalue weighted by Gasteiger charge is -2.18. The summed E-state index contributed by atoms with van der Waals surface area (Å²) < 4.78 is 15.6. The monoisotopic (exact) mass is 300 g/mol. The molecule has 0 fully saturated rings. The largest absolute Gasteiger partial charge is 0.493 e. The van der Waals surface area contributed by atoms with E-state index in [2.05, 4.69) is 6.92 Å². The maximum absolute atomic E-state index is 11.9. The molecule has 4 nitrogen and oxygen atoms in total. The number of carbonyl (C=O) groups excluding carboxylic acids is 1. The fraction of sp³-hybridized carbons (Fsp3) is 0.533. The van der Waals surface area contributed by atoms with E-state index in [-0.39, 0.29) is 5.88 Å². The van der Waals surface area contributed by atoms with Crippen molar-refractivity contribution in [3.8, 4) is 11.5 Å². The highest BCUT2D eigenvalue weighted by Gasteiger charge is 2.24. The molecule has 112 valence electrons. The Balaban J connectivity index is 3.48. The van der Waals surface area contributed by atoms with Crippen LogP contribution in [0.3, 0.4) is 0 Å². The molecular formula is C15H21ClO4. The minimum absolute atomic E-state index is 0.212. The third kappa shape index (κ3) is 3.37. The lowest BCUT2D eigenvalue weighted by Crippen LogP contribution is -2.10. The molecule has 0 unspecified atom stereocenters. The van der Waals surface area contributed by atoms with Gasteiger partial charge in [0.15, 0.2) is 11.5 Å². The predicted molar refractivity (Wildman–Crippen MR) is 79.1 cm³/mol. The van der Waals surface area contributed by atoms with Crippen LogP contribution in [0, 0.1) is 0 Å². The molecule has 1 rings (SSSR count). The number of unbranched alkanes of at least 4 members (excludes halogenated alkanes) is 1. The van der Waals surface area contributed by atoms with Crippen molar-refractivity contribution in [2.24, 2.45) is 0 Å². The van der Waals surface area contributed by atoms with E-state index in [0.29, 0.717) is 22.6 Å². The average Bonchev–Trinajstić information content (AvgIpc) is 2.49. The minimum Gasteiger partial charge on any atom is -0.493 e. The van der Waals surface area contributed by atoms with Gasteiger partial charge in [-0.1, -0.05) is 13.3 Å².